The summed E-state index contributed by atoms with van der Waals surface area (Å²) in [6.45, 7) is 1.56. The van der Waals surface area contributed by atoms with E-state index in [-0.39, 0.29) is 37.0 Å². The molecule has 0 aromatic carbocycles. The number of rotatable bonds is 4. The number of hydrogen-bond donors (Lipinski definition) is 3. The molecule has 0 radical (unpaired) electrons. The molecule has 2 fully saturated rings. The van der Waals surface area contributed by atoms with Gasteiger partial charge in [-0.1, -0.05) is 0 Å². The number of carbonyl (C=O) groups is 2. The Morgan fingerprint density at radius 3 is 3.00 bits per heavy atom. The molecule has 6 nitrogen and oxygen atoms in total. The Morgan fingerprint density at radius 1 is 1.50 bits per heavy atom. The molecule has 0 aliphatic carbocycles. The van der Waals surface area contributed by atoms with Gasteiger partial charge in [-0.15, -0.1) is 0 Å². The molecule has 2 saturated heterocycles. The van der Waals surface area contributed by atoms with Crippen LogP contribution in [-0.2, 0) is 9.59 Å². The second-order valence-corrected chi connectivity index (χ2v) is 4.93. The summed E-state index contributed by atoms with van der Waals surface area (Å²) in [6.07, 6.45) is 3.65. The molecule has 2 amide bonds. The fraction of sp³-hybridized carbons (Fsp3) is 0.833. The predicted molar refractivity (Wildman–Crippen MR) is 65.9 cm³/mol. The maximum atomic E-state index is 12.3. The van der Waals surface area contributed by atoms with Gasteiger partial charge in [0.15, 0.2) is 0 Å². The van der Waals surface area contributed by atoms with E-state index in [4.69, 9.17) is 5.11 Å². The molecule has 18 heavy (non-hydrogen) atoms. The number of nitrogens with one attached hydrogen (secondary N) is 2. The van der Waals surface area contributed by atoms with Gasteiger partial charge in [0.05, 0.1) is 6.54 Å². The van der Waals surface area contributed by atoms with Crippen LogP contribution in [0.1, 0.15) is 25.7 Å². The van der Waals surface area contributed by atoms with E-state index < -0.39 is 0 Å². The molecule has 6 heteroatoms. The third-order valence-electron chi connectivity index (χ3n) is 3.67. The summed E-state index contributed by atoms with van der Waals surface area (Å²) < 4.78 is 0. The van der Waals surface area contributed by atoms with Gasteiger partial charge < -0.3 is 15.3 Å². The molecule has 2 aliphatic heterocycles. The molecule has 2 heterocycles. The van der Waals surface area contributed by atoms with Crippen LogP contribution in [0.5, 0.6) is 0 Å². The molecule has 0 bridgehead atoms. The summed E-state index contributed by atoms with van der Waals surface area (Å²) in [5, 5.41) is 14.5. The van der Waals surface area contributed by atoms with Gasteiger partial charge in [0.1, 0.15) is 6.04 Å². The third kappa shape index (κ3) is 3.00. The summed E-state index contributed by atoms with van der Waals surface area (Å²) in [4.78, 5) is 25.3. The Labute approximate surface area is 107 Å². The summed E-state index contributed by atoms with van der Waals surface area (Å²) in [6, 6.07) is -0.0403. The lowest BCUT2D eigenvalue weighted by Crippen LogP contribution is -2.59. The molecule has 0 saturated carbocycles. The van der Waals surface area contributed by atoms with E-state index >= 15 is 0 Å². The van der Waals surface area contributed by atoms with Gasteiger partial charge in [0, 0.05) is 25.7 Å². The van der Waals surface area contributed by atoms with E-state index in [1.54, 1.807) is 0 Å². The number of amides is 2. The van der Waals surface area contributed by atoms with E-state index in [0.29, 0.717) is 6.54 Å². The van der Waals surface area contributed by atoms with Crippen LogP contribution in [0.2, 0.25) is 0 Å². The summed E-state index contributed by atoms with van der Waals surface area (Å²) in [7, 11) is 0. The summed E-state index contributed by atoms with van der Waals surface area (Å²) in [5.74, 6) is 0.0211. The van der Waals surface area contributed by atoms with Crippen molar-refractivity contribution in [3.8, 4) is 0 Å². The molecule has 0 spiro atoms. The first-order valence-corrected chi connectivity index (χ1v) is 6.64. The number of piperazine rings is 1. The lowest BCUT2D eigenvalue weighted by molar-refractivity contribution is -0.135. The van der Waals surface area contributed by atoms with Crippen molar-refractivity contribution in [1.29, 1.82) is 0 Å². The highest BCUT2D eigenvalue weighted by molar-refractivity contribution is 5.87. The molecule has 0 aromatic rings. The van der Waals surface area contributed by atoms with Gasteiger partial charge in [-0.25, -0.2) is 0 Å². The zero-order valence-electron chi connectivity index (χ0n) is 10.5. The zero-order valence-corrected chi connectivity index (χ0v) is 10.5. The van der Waals surface area contributed by atoms with Crippen molar-refractivity contribution in [3.05, 3.63) is 0 Å². The monoisotopic (exact) mass is 255 g/mol. The van der Waals surface area contributed by atoms with Crippen molar-refractivity contribution in [2.24, 2.45) is 0 Å². The molecule has 0 aromatic heterocycles. The van der Waals surface area contributed by atoms with E-state index in [0.717, 1.165) is 32.2 Å². The van der Waals surface area contributed by atoms with Crippen LogP contribution >= 0.6 is 0 Å². The molecule has 2 atom stereocenters. The second kappa shape index (κ2) is 6.15. The Bertz CT molecular complexity index is 312. The van der Waals surface area contributed by atoms with Crippen molar-refractivity contribution >= 4 is 11.8 Å². The Hall–Kier alpha value is -1.14. The van der Waals surface area contributed by atoms with Gasteiger partial charge in [-0.3, -0.25) is 14.9 Å². The zero-order chi connectivity index (χ0) is 13.0. The highest BCUT2D eigenvalue weighted by atomic mass is 16.3. The number of aliphatic hydroxyl groups is 1. The van der Waals surface area contributed by atoms with E-state index in [9.17, 15) is 9.59 Å². The van der Waals surface area contributed by atoms with Crippen LogP contribution in [-0.4, -0.2) is 60.1 Å². The number of likely N-dealkylation sites (tertiary alicyclic amines) is 1. The topological polar surface area (TPSA) is 81.7 Å². The van der Waals surface area contributed by atoms with Crippen molar-refractivity contribution in [2.75, 3.05) is 26.2 Å². The molecule has 2 rings (SSSR count). The normalized spacial score (nSPS) is 28.3. The predicted octanol–water partition coefficient (Wildman–Crippen LogP) is -1.16. The highest BCUT2D eigenvalue weighted by Crippen LogP contribution is 2.22. The van der Waals surface area contributed by atoms with Crippen molar-refractivity contribution in [2.45, 2.75) is 37.8 Å². The Balaban J connectivity index is 1.89. The van der Waals surface area contributed by atoms with Crippen molar-refractivity contribution in [3.63, 3.8) is 0 Å². The average molecular weight is 255 g/mol. The van der Waals surface area contributed by atoms with Crippen LogP contribution in [0.25, 0.3) is 0 Å². The largest absolute Gasteiger partial charge is 0.396 e. The molecular weight excluding hydrogens is 234 g/mol. The van der Waals surface area contributed by atoms with E-state index in [2.05, 4.69) is 10.6 Å². The summed E-state index contributed by atoms with van der Waals surface area (Å²) in [5.41, 5.74) is 0. The number of aliphatic hydroxyl groups excluding tert-OH is 1. The molecule has 2 aliphatic rings. The minimum Gasteiger partial charge on any atom is -0.396 e. The van der Waals surface area contributed by atoms with Crippen molar-refractivity contribution < 1.29 is 14.7 Å². The lowest BCUT2D eigenvalue weighted by atomic mass is 10.1. The van der Waals surface area contributed by atoms with Gasteiger partial charge in [0.25, 0.3) is 0 Å². The van der Waals surface area contributed by atoms with Gasteiger partial charge in [-0.2, -0.15) is 0 Å². The Kier molecular flexibility index (Phi) is 4.54. The van der Waals surface area contributed by atoms with Crippen LogP contribution < -0.4 is 10.6 Å². The van der Waals surface area contributed by atoms with Crippen LogP contribution in [0, 0.1) is 0 Å². The van der Waals surface area contributed by atoms with Crippen LogP contribution in [0.15, 0.2) is 0 Å². The van der Waals surface area contributed by atoms with Gasteiger partial charge in [0.2, 0.25) is 11.8 Å². The van der Waals surface area contributed by atoms with Gasteiger partial charge in [-0.05, 0) is 25.7 Å². The molecule has 3 N–H and O–H groups in total. The standard InChI is InChI=1S/C12H21N3O3/c16-6-2-4-9-3-1-5-15(9)12(18)10-7-14-11(17)8-13-10/h9-10,13,16H,1-8H2,(H,14,17). The quantitative estimate of drug-likeness (QED) is 0.592. The first-order valence-electron chi connectivity index (χ1n) is 6.64. The minimum absolute atomic E-state index is 0.0581. The van der Waals surface area contributed by atoms with E-state index in [1.165, 1.54) is 0 Å². The number of hydrogen-bond acceptors (Lipinski definition) is 4. The molecule has 2 unspecified atom stereocenters. The fourth-order valence-electron chi connectivity index (χ4n) is 2.69. The second-order valence-electron chi connectivity index (χ2n) is 4.93. The third-order valence-corrected chi connectivity index (χ3v) is 3.67. The maximum absolute atomic E-state index is 12.3. The first-order chi connectivity index (χ1) is 8.72. The SMILES string of the molecule is O=C1CNC(C(=O)N2CCCC2CCCO)CN1. The summed E-state index contributed by atoms with van der Waals surface area (Å²) >= 11 is 0. The van der Waals surface area contributed by atoms with Crippen LogP contribution in [0.3, 0.4) is 0 Å². The fourth-order valence-corrected chi connectivity index (χ4v) is 2.69. The highest BCUT2D eigenvalue weighted by Gasteiger charge is 2.34. The Morgan fingerprint density at radius 2 is 2.33 bits per heavy atom. The lowest BCUT2D eigenvalue weighted by Gasteiger charge is -2.31. The smallest absolute Gasteiger partial charge is 0.241 e. The first kappa shape index (κ1) is 13.3. The van der Waals surface area contributed by atoms with Gasteiger partial charge >= 0.3 is 0 Å². The average Bonchev–Trinajstić information content (AvgIpc) is 2.84. The number of nitrogens with zero attached hydrogens (tertiary/aromatic N) is 1. The molecular formula is C12H21N3O3. The molecule has 102 valence electrons. The number of carbonyl (C=O) groups excluding carboxylic acids is 2. The maximum Gasteiger partial charge on any atom is 0.241 e. The van der Waals surface area contributed by atoms with E-state index in [1.807, 2.05) is 4.90 Å². The van der Waals surface area contributed by atoms with Crippen LogP contribution in [0.4, 0.5) is 0 Å². The van der Waals surface area contributed by atoms with Crippen molar-refractivity contribution in [1.82, 2.24) is 15.5 Å². The minimum atomic E-state index is -0.294.